The molecule has 0 saturated heterocycles. The summed E-state index contributed by atoms with van der Waals surface area (Å²) in [6.07, 6.45) is 3.08. The molecule has 3 N–H and O–H groups in total. The number of nitrogens with one attached hydrogen (secondary N) is 1. The lowest BCUT2D eigenvalue weighted by Crippen LogP contribution is -2.20. The molecule has 2 aromatic rings. The van der Waals surface area contributed by atoms with Gasteiger partial charge in [0.05, 0.1) is 0 Å². The van der Waals surface area contributed by atoms with Gasteiger partial charge in [0.1, 0.15) is 5.82 Å². The summed E-state index contributed by atoms with van der Waals surface area (Å²) < 4.78 is 14.3. The number of rotatable bonds is 4. The van der Waals surface area contributed by atoms with E-state index in [9.17, 15) is 9.18 Å². The van der Waals surface area contributed by atoms with Crippen molar-refractivity contribution in [3.05, 3.63) is 70.0 Å². The molecule has 0 radical (unpaired) electrons. The van der Waals surface area contributed by atoms with Gasteiger partial charge in [0.15, 0.2) is 0 Å². The molecule has 0 aromatic heterocycles. The van der Waals surface area contributed by atoms with Crippen molar-refractivity contribution in [1.82, 2.24) is 5.32 Å². The maximum atomic E-state index is 13.5. The van der Waals surface area contributed by atoms with E-state index in [1.165, 1.54) is 12.1 Å². The molecule has 0 unspecified atom stereocenters. The monoisotopic (exact) mass is 348 g/mol. The van der Waals surface area contributed by atoms with Crippen LogP contribution in [0.4, 0.5) is 10.1 Å². The van der Waals surface area contributed by atoms with Gasteiger partial charge in [0, 0.05) is 28.3 Å². The molecule has 5 heteroatoms. The van der Waals surface area contributed by atoms with Crippen LogP contribution in [0.25, 0.3) is 6.08 Å². The number of halogens is 2. The van der Waals surface area contributed by atoms with Gasteiger partial charge >= 0.3 is 0 Å². The molecular weight excluding hydrogens is 335 g/mol. The van der Waals surface area contributed by atoms with Crippen LogP contribution in [0.2, 0.25) is 0 Å². The lowest BCUT2D eigenvalue weighted by molar-refractivity contribution is -0.116. The molecule has 0 saturated carbocycles. The smallest absolute Gasteiger partial charge is 0.244 e. The molecule has 3 nitrogen and oxygen atoms in total. The van der Waals surface area contributed by atoms with E-state index in [-0.39, 0.29) is 18.3 Å². The highest BCUT2D eigenvalue weighted by atomic mass is 79.9. The third-order valence-electron chi connectivity index (χ3n) is 2.82. The zero-order valence-corrected chi connectivity index (χ0v) is 12.7. The number of nitrogen functional groups attached to an aromatic ring is 1. The summed E-state index contributed by atoms with van der Waals surface area (Å²) in [5.74, 6) is -0.632. The number of hydrogen-bond donors (Lipinski definition) is 2. The van der Waals surface area contributed by atoms with Crippen molar-refractivity contribution in [3.8, 4) is 0 Å². The van der Waals surface area contributed by atoms with E-state index in [4.69, 9.17) is 5.73 Å². The van der Waals surface area contributed by atoms with Gasteiger partial charge < -0.3 is 11.1 Å². The highest BCUT2D eigenvalue weighted by molar-refractivity contribution is 9.10. The van der Waals surface area contributed by atoms with Gasteiger partial charge in [-0.2, -0.15) is 0 Å². The minimum Gasteiger partial charge on any atom is -0.399 e. The SMILES string of the molecule is Nc1ccc(/C=C/C(=O)NCc2cc(Br)ccc2F)cc1. The fourth-order valence-corrected chi connectivity index (χ4v) is 2.11. The van der Waals surface area contributed by atoms with Crippen LogP contribution in [0.15, 0.2) is 53.0 Å². The summed E-state index contributed by atoms with van der Waals surface area (Å²) in [5, 5.41) is 2.64. The zero-order chi connectivity index (χ0) is 15.2. The lowest BCUT2D eigenvalue weighted by atomic mass is 10.2. The fraction of sp³-hybridized carbons (Fsp3) is 0.0625. The largest absolute Gasteiger partial charge is 0.399 e. The van der Waals surface area contributed by atoms with Crippen LogP contribution in [-0.4, -0.2) is 5.91 Å². The van der Waals surface area contributed by atoms with Gasteiger partial charge in [0.25, 0.3) is 0 Å². The average molecular weight is 349 g/mol. The summed E-state index contributed by atoms with van der Waals surface area (Å²) >= 11 is 3.27. The van der Waals surface area contributed by atoms with Crippen molar-refractivity contribution >= 4 is 33.6 Å². The second kappa shape index (κ2) is 7.04. The van der Waals surface area contributed by atoms with Gasteiger partial charge in [-0.15, -0.1) is 0 Å². The number of amides is 1. The van der Waals surface area contributed by atoms with E-state index in [1.807, 2.05) is 12.1 Å². The first-order chi connectivity index (χ1) is 10.0. The van der Waals surface area contributed by atoms with Crippen molar-refractivity contribution in [2.75, 3.05) is 5.73 Å². The van der Waals surface area contributed by atoms with Crippen LogP contribution in [0.1, 0.15) is 11.1 Å². The molecule has 0 fully saturated rings. The predicted octanol–water partition coefficient (Wildman–Crippen LogP) is 3.50. The molecule has 0 spiro atoms. The van der Waals surface area contributed by atoms with E-state index in [1.54, 1.807) is 30.3 Å². The summed E-state index contributed by atoms with van der Waals surface area (Å²) in [6.45, 7) is 0.135. The third-order valence-corrected chi connectivity index (χ3v) is 3.32. The van der Waals surface area contributed by atoms with Crippen LogP contribution >= 0.6 is 15.9 Å². The Morgan fingerprint density at radius 3 is 2.67 bits per heavy atom. The topological polar surface area (TPSA) is 55.1 Å². The Morgan fingerprint density at radius 2 is 1.95 bits per heavy atom. The minimum absolute atomic E-state index is 0.135. The molecule has 0 aliphatic rings. The molecule has 0 atom stereocenters. The van der Waals surface area contributed by atoms with Crippen molar-refractivity contribution in [2.45, 2.75) is 6.54 Å². The Labute approximate surface area is 130 Å². The maximum Gasteiger partial charge on any atom is 0.244 e. The predicted molar refractivity (Wildman–Crippen MR) is 85.8 cm³/mol. The van der Waals surface area contributed by atoms with Crippen molar-refractivity contribution in [2.24, 2.45) is 0 Å². The first-order valence-corrected chi connectivity index (χ1v) is 7.09. The number of benzene rings is 2. The van der Waals surface area contributed by atoms with Gasteiger partial charge in [-0.25, -0.2) is 4.39 Å². The number of hydrogen-bond acceptors (Lipinski definition) is 2. The van der Waals surface area contributed by atoms with Gasteiger partial charge in [-0.05, 0) is 42.0 Å². The highest BCUT2D eigenvalue weighted by Crippen LogP contribution is 2.15. The van der Waals surface area contributed by atoms with E-state index in [2.05, 4.69) is 21.2 Å². The molecule has 108 valence electrons. The van der Waals surface area contributed by atoms with E-state index >= 15 is 0 Å². The van der Waals surface area contributed by atoms with Crippen LogP contribution < -0.4 is 11.1 Å². The summed E-state index contributed by atoms with van der Waals surface area (Å²) in [5.41, 5.74) is 7.54. The molecule has 2 rings (SSSR count). The van der Waals surface area contributed by atoms with E-state index in [0.29, 0.717) is 11.3 Å². The maximum absolute atomic E-state index is 13.5. The fourth-order valence-electron chi connectivity index (χ4n) is 1.70. The summed E-state index contributed by atoms with van der Waals surface area (Å²) in [7, 11) is 0. The highest BCUT2D eigenvalue weighted by Gasteiger charge is 2.04. The Hall–Kier alpha value is -2.14. The standard InChI is InChI=1S/C16H14BrFN2O/c17-13-4-7-15(18)12(9-13)10-20-16(21)8-3-11-1-5-14(19)6-2-11/h1-9H,10,19H2,(H,20,21)/b8-3+. The molecule has 0 aliphatic heterocycles. The van der Waals surface area contributed by atoms with Crippen LogP contribution in [0, 0.1) is 5.82 Å². The number of nitrogens with two attached hydrogens (primary N) is 1. The van der Waals surface area contributed by atoms with Crippen LogP contribution in [0.5, 0.6) is 0 Å². The van der Waals surface area contributed by atoms with Crippen molar-refractivity contribution in [3.63, 3.8) is 0 Å². The summed E-state index contributed by atoms with van der Waals surface area (Å²) in [6, 6.07) is 11.7. The van der Waals surface area contributed by atoms with E-state index < -0.39 is 0 Å². The van der Waals surface area contributed by atoms with Crippen molar-refractivity contribution < 1.29 is 9.18 Å². The Bertz CT molecular complexity index is 668. The van der Waals surface area contributed by atoms with Gasteiger partial charge in [-0.1, -0.05) is 28.1 Å². The molecule has 1 amide bonds. The average Bonchev–Trinajstić information content (AvgIpc) is 2.47. The van der Waals surface area contributed by atoms with Gasteiger partial charge in [-0.3, -0.25) is 4.79 Å². The first kappa shape index (κ1) is 15.3. The molecule has 2 aromatic carbocycles. The third kappa shape index (κ3) is 4.72. The number of carbonyl (C=O) groups excluding carboxylic acids is 1. The van der Waals surface area contributed by atoms with Crippen LogP contribution in [-0.2, 0) is 11.3 Å². The normalized spacial score (nSPS) is 10.8. The molecule has 0 heterocycles. The second-order valence-corrected chi connectivity index (χ2v) is 5.37. The van der Waals surface area contributed by atoms with E-state index in [0.717, 1.165) is 10.0 Å². The Morgan fingerprint density at radius 1 is 1.24 bits per heavy atom. The Kier molecular flexibility index (Phi) is 5.11. The first-order valence-electron chi connectivity index (χ1n) is 6.30. The lowest BCUT2D eigenvalue weighted by Gasteiger charge is -2.04. The Balaban J connectivity index is 1.93. The molecule has 21 heavy (non-hydrogen) atoms. The second-order valence-electron chi connectivity index (χ2n) is 4.45. The number of carbonyl (C=O) groups is 1. The number of anilines is 1. The van der Waals surface area contributed by atoms with Gasteiger partial charge in [0.2, 0.25) is 5.91 Å². The molecule has 0 bridgehead atoms. The molecular formula is C16H14BrFN2O. The zero-order valence-electron chi connectivity index (χ0n) is 11.1. The molecule has 0 aliphatic carbocycles. The van der Waals surface area contributed by atoms with Crippen molar-refractivity contribution in [1.29, 1.82) is 0 Å². The minimum atomic E-state index is -0.346. The summed E-state index contributed by atoms with van der Waals surface area (Å²) in [4.78, 5) is 11.7. The van der Waals surface area contributed by atoms with Crippen LogP contribution in [0.3, 0.4) is 0 Å². The quantitative estimate of drug-likeness (QED) is 0.656.